The predicted octanol–water partition coefficient (Wildman–Crippen LogP) is 3.64. The van der Waals surface area contributed by atoms with Crippen LogP contribution >= 0.6 is 12.2 Å². The zero-order chi connectivity index (χ0) is 18.5. The molecule has 26 heavy (non-hydrogen) atoms. The van der Waals surface area contributed by atoms with Gasteiger partial charge in [0.25, 0.3) is 0 Å². The van der Waals surface area contributed by atoms with Crippen molar-refractivity contribution >= 4 is 80.1 Å². The Morgan fingerprint density at radius 3 is 1.38 bits per heavy atom. The van der Waals surface area contributed by atoms with Gasteiger partial charge in [0.2, 0.25) is 0 Å². The number of thiocarbonyl (C=S) groups is 1. The minimum absolute atomic E-state index is 0. The van der Waals surface area contributed by atoms with E-state index in [0.29, 0.717) is 18.3 Å². The predicted molar refractivity (Wildman–Crippen MR) is 115 cm³/mol. The third kappa shape index (κ3) is 10.5. The van der Waals surface area contributed by atoms with Crippen molar-refractivity contribution in [1.82, 2.24) is 0 Å². The van der Waals surface area contributed by atoms with Crippen LogP contribution in [-0.2, 0) is 0 Å². The first kappa shape index (κ1) is 25.3. The first-order valence-corrected chi connectivity index (χ1v) is 8.68. The van der Waals surface area contributed by atoms with Gasteiger partial charge in [-0.05, 0) is 81.5 Å². The summed E-state index contributed by atoms with van der Waals surface area (Å²) in [5.41, 5.74) is 1.82. The van der Waals surface area contributed by atoms with Crippen molar-refractivity contribution in [3.63, 3.8) is 0 Å². The molecule has 0 atom stereocenters. The van der Waals surface area contributed by atoms with E-state index >= 15 is 0 Å². The van der Waals surface area contributed by atoms with Crippen LogP contribution < -0.4 is 20.1 Å². The van der Waals surface area contributed by atoms with Crippen molar-refractivity contribution in [3.8, 4) is 11.5 Å². The van der Waals surface area contributed by atoms with Crippen LogP contribution in [0.4, 0.5) is 11.4 Å². The molecule has 0 aliphatic carbocycles. The third-order valence-electron chi connectivity index (χ3n) is 2.85. The number of ether oxygens (including phenoxy) is 2. The Kier molecular flexibility index (Phi) is 15.0. The number of hydrogen-bond donors (Lipinski definition) is 3. The topological polar surface area (TPSA) is 62.8 Å². The molecule has 3 N–H and O–H groups in total. The molecule has 0 aliphatic rings. The van der Waals surface area contributed by atoms with Gasteiger partial charge in [-0.25, -0.2) is 0 Å². The summed E-state index contributed by atoms with van der Waals surface area (Å²) in [7, 11) is 0. The second-order valence-corrected chi connectivity index (χ2v) is 5.22. The van der Waals surface area contributed by atoms with Crippen LogP contribution in [0.5, 0.6) is 11.5 Å². The number of aliphatic hydroxyl groups is 1. The van der Waals surface area contributed by atoms with Gasteiger partial charge in [-0.1, -0.05) is 0 Å². The number of aliphatic hydroxyl groups excluding tert-OH is 1. The Balaban J connectivity index is 0.00000146. The Bertz CT molecular complexity index is 568. The summed E-state index contributed by atoms with van der Waals surface area (Å²) < 4.78 is 10.8. The van der Waals surface area contributed by atoms with E-state index < -0.39 is 0 Å². The summed E-state index contributed by atoms with van der Waals surface area (Å²) in [6.07, 6.45) is 0. The van der Waals surface area contributed by atoms with Crippen LogP contribution in [0.2, 0.25) is 0 Å². The van der Waals surface area contributed by atoms with Gasteiger partial charge in [-0.3, -0.25) is 0 Å². The molecular formula is C19H27KN2O3S. The van der Waals surface area contributed by atoms with E-state index in [0.717, 1.165) is 22.9 Å². The summed E-state index contributed by atoms with van der Waals surface area (Å²) in [6, 6.07) is 15.3. The van der Waals surface area contributed by atoms with Crippen molar-refractivity contribution in [2.24, 2.45) is 0 Å². The van der Waals surface area contributed by atoms with E-state index in [1.54, 1.807) is 6.92 Å². The summed E-state index contributed by atoms with van der Waals surface area (Å²) in [5.74, 6) is 1.69. The quantitative estimate of drug-likeness (QED) is 0.506. The average Bonchev–Trinajstić information content (AvgIpc) is 2.60. The molecule has 0 saturated carbocycles. The summed E-state index contributed by atoms with van der Waals surface area (Å²) in [6.45, 7) is 7.17. The average molecular weight is 403 g/mol. The second-order valence-electron chi connectivity index (χ2n) is 4.81. The molecule has 2 aromatic carbocycles. The molecule has 0 spiro atoms. The Morgan fingerprint density at radius 2 is 1.12 bits per heavy atom. The molecule has 0 radical (unpaired) electrons. The molecule has 7 heteroatoms. The minimum atomic E-state index is 0. The fraction of sp³-hybridized carbons (Fsp3) is 0.316. The molecule has 0 heterocycles. The third-order valence-corrected chi connectivity index (χ3v) is 3.05. The molecule has 0 saturated heterocycles. The Labute approximate surface area is 203 Å². The van der Waals surface area contributed by atoms with E-state index in [1.807, 2.05) is 62.4 Å². The molecule has 0 bridgehead atoms. The van der Waals surface area contributed by atoms with Crippen LogP contribution in [-0.4, -0.2) is 81.4 Å². The van der Waals surface area contributed by atoms with Gasteiger partial charge < -0.3 is 25.2 Å². The maximum atomic E-state index is 7.57. The normalized spacial score (nSPS) is 9.08. The molecular weight excluding hydrogens is 375 g/mol. The fourth-order valence-corrected chi connectivity index (χ4v) is 2.13. The van der Waals surface area contributed by atoms with Crippen molar-refractivity contribution in [2.45, 2.75) is 20.8 Å². The zero-order valence-electron chi connectivity index (χ0n) is 14.9. The summed E-state index contributed by atoms with van der Waals surface area (Å²) >= 11 is 5.30. The Morgan fingerprint density at radius 1 is 0.808 bits per heavy atom. The van der Waals surface area contributed by atoms with Crippen LogP contribution in [0.3, 0.4) is 0 Å². The van der Waals surface area contributed by atoms with E-state index in [2.05, 4.69) is 10.6 Å². The monoisotopic (exact) mass is 402 g/mol. The van der Waals surface area contributed by atoms with Crippen molar-refractivity contribution in [3.05, 3.63) is 48.5 Å². The summed E-state index contributed by atoms with van der Waals surface area (Å²) in [5, 5.41) is 14.4. The van der Waals surface area contributed by atoms with Crippen LogP contribution in [0, 0.1) is 0 Å². The van der Waals surface area contributed by atoms with Crippen molar-refractivity contribution in [1.29, 1.82) is 0 Å². The van der Waals surface area contributed by atoms with Crippen LogP contribution in [0.25, 0.3) is 0 Å². The van der Waals surface area contributed by atoms with Gasteiger partial charge in [0.1, 0.15) is 11.5 Å². The van der Waals surface area contributed by atoms with Crippen molar-refractivity contribution < 1.29 is 14.6 Å². The van der Waals surface area contributed by atoms with Gasteiger partial charge in [-0.2, -0.15) is 0 Å². The van der Waals surface area contributed by atoms with Gasteiger partial charge in [-0.15, -0.1) is 0 Å². The number of nitrogens with one attached hydrogen (secondary N) is 2. The summed E-state index contributed by atoms with van der Waals surface area (Å²) in [4.78, 5) is 0. The molecule has 2 aromatic rings. The second kappa shape index (κ2) is 15.4. The standard InChI is InChI=1S/C17H20N2O2S.C2H6O.K.H/c1-3-20-15-9-5-13(6-10-15)18-17(22)19-14-7-11-16(12-8-14)21-4-2;1-2-3;;/h5-12H,3-4H2,1-2H3,(H2,18,19,22);3H,2H2,1H3;;. The van der Waals surface area contributed by atoms with E-state index in [4.69, 9.17) is 26.8 Å². The molecule has 0 fully saturated rings. The molecule has 2 rings (SSSR count). The van der Waals surface area contributed by atoms with Gasteiger partial charge in [0.15, 0.2) is 5.11 Å². The molecule has 0 aromatic heterocycles. The zero-order valence-corrected chi connectivity index (χ0v) is 15.7. The Hall–Kier alpha value is -0.674. The molecule has 138 valence electrons. The van der Waals surface area contributed by atoms with E-state index in [9.17, 15) is 0 Å². The maximum absolute atomic E-state index is 7.57. The molecule has 0 unspecified atom stereocenters. The molecule has 0 amide bonds. The van der Waals surface area contributed by atoms with E-state index in [-0.39, 0.29) is 58.0 Å². The van der Waals surface area contributed by atoms with Gasteiger partial charge >= 0.3 is 51.4 Å². The number of anilines is 2. The van der Waals surface area contributed by atoms with Crippen LogP contribution in [0.15, 0.2) is 48.5 Å². The number of benzene rings is 2. The van der Waals surface area contributed by atoms with Crippen molar-refractivity contribution in [2.75, 3.05) is 30.5 Å². The SMILES string of the molecule is CCO.CCOc1ccc(NC(=S)Nc2ccc(OCC)cc2)cc1.[KH]. The van der Waals surface area contributed by atoms with Gasteiger partial charge in [0, 0.05) is 18.0 Å². The fourth-order valence-electron chi connectivity index (χ4n) is 1.90. The first-order valence-electron chi connectivity index (χ1n) is 8.27. The number of hydrogen-bond acceptors (Lipinski definition) is 4. The van der Waals surface area contributed by atoms with E-state index in [1.165, 1.54) is 0 Å². The number of rotatable bonds is 6. The van der Waals surface area contributed by atoms with Crippen LogP contribution in [0.1, 0.15) is 20.8 Å². The molecule has 5 nitrogen and oxygen atoms in total. The van der Waals surface area contributed by atoms with Gasteiger partial charge in [0.05, 0.1) is 13.2 Å². The molecule has 0 aliphatic heterocycles. The first-order chi connectivity index (χ1) is 12.1.